The van der Waals surface area contributed by atoms with Gasteiger partial charge in [-0.3, -0.25) is 9.69 Å². The van der Waals surface area contributed by atoms with Crippen molar-refractivity contribution >= 4 is 27.7 Å². The van der Waals surface area contributed by atoms with Crippen LogP contribution in [-0.2, 0) is 14.8 Å². The SMILES string of the molecule is O=C(NC(CCN1CCCCC1CO)c1ccccc1)C1SCCN1S(=O)(=O)c1ccc(-c2ccccc2)cc1. The number of thioether (sulfide) groups is 1. The summed E-state index contributed by atoms with van der Waals surface area (Å²) >= 11 is 1.36. The lowest BCUT2D eigenvalue weighted by Crippen LogP contribution is -2.47. The first kappa shape index (κ1) is 28.8. The van der Waals surface area contributed by atoms with Crippen molar-refractivity contribution in [2.24, 2.45) is 0 Å². The number of piperidine rings is 1. The summed E-state index contributed by atoms with van der Waals surface area (Å²) in [5, 5.41) is 12.2. The number of aliphatic hydroxyl groups excluding tert-OH is 1. The van der Waals surface area contributed by atoms with Crippen molar-refractivity contribution in [3.8, 4) is 11.1 Å². The minimum absolute atomic E-state index is 0.139. The van der Waals surface area contributed by atoms with Crippen molar-refractivity contribution in [3.63, 3.8) is 0 Å². The van der Waals surface area contributed by atoms with Gasteiger partial charge in [-0.25, -0.2) is 8.42 Å². The van der Waals surface area contributed by atoms with E-state index in [0.717, 1.165) is 49.0 Å². The van der Waals surface area contributed by atoms with Crippen molar-refractivity contribution in [3.05, 3.63) is 90.5 Å². The van der Waals surface area contributed by atoms with E-state index in [-0.39, 0.29) is 36.0 Å². The summed E-state index contributed by atoms with van der Waals surface area (Å²) in [6.45, 7) is 2.11. The first-order valence-electron chi connectivity index (χ1n) is 14.0. The van der Waals surface area contributed by atoms with Gasteiger partial charge in [-0.2, -0.15) is 4.31 Å². The Kier molecular flexibility index (Phi) is 9.59. The minimum atomic E-state index is -3.86. The molecule has 2 saturated heterocycles. The lowest BCUT2D eigenvalue weighted by Gasteiger charge is -2.35. The molecule has 2 N–H and O–H groups in total. The van der Waals surface area contributed by atoms with Crippen LogP contribution in [0.5, 0.6) is 0 Å². The molecule has 3 aromatic carbocycles. The smallest absolute Gasteiger partial charge is 0.249 e. The molecule has 0 saturated carbocycles. The van der Waals surface area contributed by atoms with Crippen LogP contribution in [-0.4, -0.2) is 72.0 Å². The molecule has 2 aliphatic heterocycles. The lowest BCUT2D eigenvalue weighted by atomic mass is 9.99. The third-order valence-corrected chi connectivity index (χ3v) is 11.0. The number of aliphatic hydroxyl groups is 1. The first-order chi connectivity index (χ1) is 19.5. The molecule has 0 spiro atoms. The highest BCUT2D eigenvalue weighted by molar-refractivity contribution is 8.02. The maximum atomic E-state index is 13.7. The molecular weight excluding hydrogens is 542 g/mol. The molecule has 0 bridgehead atoms. The summed E-state index contributed by atoms with van der Waals surface area (Å²) in [6.07, 6.45) is 3.89. The highest BCUT2D eigenvalue weighted by Gasteiger charge is 2.41. The summed E-state index contributed by atoms with van der Waals surface area (Å²) in [4.78, 5) is 16.1. The van der Waals surface area contributed by atoms with Gasteiger partial charge in [0.1, 0.15) is 5.37 Å². The van der Waals surface area contributed by atoms with Gasteiger partial charge < -0.3 is 10.4 Å². The number of likely N-dealkylation sites (tertiary alicyclic amines) is 1. The van der Waals surface area contributed by atoms with E-state index in [4.69, 9.17) is 0 Å². The molecule has 212 valence electrons. The van der Waals surface area contributed by atoms with Gasteiger partial charge in [-0.1, -0.05) is 79.2 Å². The predicted molar refractivity (Wildman–Crippen MR) is 160 cm³/mol. The fraction of sp³-hybridized carbons (Fsp3) is 0.387. The molecule has 40 heavy (non-hydrogen) atoms. The van der Waals surface area contributed by atoms with Gasteiger partial charge in [0.25, 0.3) is 0 Å². The summed E-state index contributed by atoms with van der Waals surface area (Å²) in [5.41, 5.74) is 2.94. The van der Waals surface area contributed by atoms with Crippen LogP contribution in [0.2, 0.25) is 0 Å². The van der Waals surface area contributed by atoms with E-state index < -0.39 is 15.4 Å². The van der Waals surface area contributed by atoms with Crippen molar-refractivity contribution in [2.75, 3.05) is 32.0 Å². The highest BCUT2D eigenvalue weighted by Crippen LogP contribution is 2.32. The Morgan fingerprint density at radius 3 is 2.30 bits per heavy atom. The Hall–Kier alpha value is -2.69. The van der Waals surface area contributed by atoms with Crippen molar-refractivity contribution in [2.45, 2.75) is 48.0 Å². The number of nitrogens with zero attached hydrogens (tertiary/aromatic N) is 2. The zero-order valence-corrected chi connectivity index (χ0v) is 24.2. The van der Waals surface area contributed by atoms with E-state index in [1.165, 1.54) is 16.1 Å². The Morgan fingerprint density at radius 2 is 1.60 bits per heavy atom. The van der Waals surface area contributed by atoms with Gasteiger partial charge in [-0.15, -0.1) is 11.8 Å². The number of nitrogens with one attached hydrogen (secondary N) is 1. The number of hydrogen-bond acceptors (Lipinski definition) is 6. The highest BCUT2D eigenvalue weighted by atomic mass is 32.2. The largest absolute Gasteiger partial charge is 0.395 e. The molecule has 3 aromatic rings. The standard InChI is InChI=1S/C31H37N3O4S2/c35-23-27-13-7-8-19-33(27)20-18-29(26-11-5-2-6-12-26)32-30(36)31-34(21-22-39-31)40(37,38)28-16-14-25(15-17-28)24-9-3-1-4-10-24/h1-6,9-12,14-17,27,29,31,35H,7-8,13,18-23H2,(H,32,36). The van der Waals surface area contributed by atoms with E-state index in [2.05, 4.69) is 10.2 Å². The number of carbonyl (C=O) groups is 1. The van der Waals surface area contributed by atoms with Crippen LogP contribution in [0.4, 0.5) is 0 Å². The molecule has 2 aliphatic rings. The summed E-state index contributed by atoms with van der Waals surface area (Å²) in [7, 11) is -3.86. The lowest BCUT2D eigenvalue weighted by molar-refractivity contribution is -0.123. The van der Waals surface area contributed by atoms with Gasteiger partial charge in [-0.05, 0) is 54.6 Å². The molecule has 1 amide bonds. The Labute approximate surface area is 241 Å². The number of carbonyl (C=O) groups excluding carboxylic acids is 1. The molecule has 2 heterocycles. The van der Waals surface area contributed by atoms with Crippen LogP contribution in [0.3, 0.4) is 0 Å². The number of hydrogen-bond donors (Lipinski definition) is 2. The summed E-state index contributed by atoms with van der Waals surface area (Å²) in [6, 6.07) is 26.4. The third kappa shape index (κ3) is 6.61. The quantitative estimate of drug-likeness (QED) is 0.367. The second-order valence-electron chi connectivity index (χ2n) is 10.4. The predicted octanol–water partition coefficient (Wildman–Crippen LogP) is 4.51. The molecular formula is C31H37N3O4S2. The molecule has 9 heteroatoms. The molecule has 2 fully saturated rings. The second kappa shape index (κ2) is 13.3. The van der Waals surface area contributed by atoms with Crippen LogP contribution >= 0.6 is 11.8 Å². The molecule has 0 aromatic heterocycles. The number of benzene rings is 3. The monoisotopic (exact) mass is 579 g/mol. The Bertz CT molecular complexity index is 1350. The normalized spacial score (nSPS) is 21.2. The first-order valence-corrected chi connectivity index (χ1v) is 16.5. The van der Waals surface area contributed by atoms with Crippen molar-refractivity contribution < 1.29 is 18.3 Å². The molecule has 7 nitrogen and oxygen atoms in total. The Morgan fingerprint density at radius 1 is 0.925 bits per heavy atom. The van der Waals surface area contributed by atoms with Gasteiger partial charge in [0.15, 0.2) is 0 Å². The molecule has 5 rings (SSSR count). The van der Waals surface area contributed by atoms with E-state index in [1.54, 1.807) is 12.1 Å². The number of amides is 1. The van der Waals surface area contributed by atoms with Crippen LogP contribution in [0.25, 0.3) is 11.1 Å². The summed E-state index contributed by atoms with van der Waals surface area (Å²) < 4.78 is 28.6. The average Bonchev–Trinajstić information content (AvgIpc) is 3.52. The molecule has 3 unspecified atom stereocenters. The number of rotatable bonds is 10. The average molecular weight is 580 g/mol. The fourth-order valence-corrected chi connectivity index (χ4v) is 8.68. The maximum absolute atomic E-state index is 13.7. The van der Waals surface area contributed by atoms with Gasteiger partial charge >= 0.3 is 0 Å². The maximum Gasteiger partial charge on any atom is 0.249 e. The molecule has 0 aliphatic carbocycles. The Balaban J connectivity index is 1.30. The van der Waals surface area contributed by atoms with Gasteiger partial charge in [0.05, 0.1) is 17.5 Å². The van der Waals surface area contributed by atoms with Crippen LogP contribution < -0.4 is 5.32 Å². The fourth-order valence-electron chi connectivity index (χ4n) is 5.60. The summed E-state index contributed by atoms with van der Waals surface area (Å²) in [5.74, 6) is 0.264. The van der Waals surface area contributed by atoms with Crippen LogP contribution in [0, 0.1) is 0 Å². The van der Waals surface area contributed by atoms with E-state index >= 15 is 0 Å². The third-order valence-electron chi connectivity index (χ3n) is 7.82. The molecule has 3 atom stereocenters. The van der Waals surface area contributed by atoms with Crippen LogP contribution in [0.15, 0.2) is 89.8 Å². The van der Waals surface area contributed by atoms with E-state index in [9.17, 15) is 18.3 Å². The van der Waals surface area contributed by atoms with Crippen molar-refractivity contribution in [1.82, 2.24) is 14.5 Å². The molecule has 0 radical (unpaired) electrons. The van der Waals surface area contributed by atoms with E-state index in [1.807, 2.05) is 72.8 Å². The minimum Gasteiger partial charge on any atom is -0.395 e. The van der Waals surface area contributed by atoms with Gasteiger partial charge in [0.2, 0.25) is 15.9 Å². The van der Waals surface area contributed by atoms with Crippen LogP contribution in [0.1, 0.15) is 37.3 Å². The second-order valence-corrected chi connectivity index (χ2v) is 13.4. The van der Waals surface area contributed by atoms with Gasteiger partial charge in [0, 0.05) is 24.9 Å². The zero-order valence-electron chi connectivity index (χ0n) is 22.6. The van der Waals surface area contributed by atoms with E-state index in [0.29, 0.717) is 12.2 Å². The number of sulfonamides is 1. The zero-order chi connectivity index (χ0) is 28.0. The topological polar surface area (TPSA) is 90.0 Å². The van der Waals surface area contributed by atoms with Crippen molar-refractivity contribution in [1.29, 1.82) is 0 Å².